The van der Waals surface area contributed by atoms with Gasteiger partial charge in [-0.1, -0.05) is 5.16 Å². The van der Waals surface area contributed by atoms with Crippen LogP contribution in [-0.4, -0.2) is 15.4 Å². The van der Waals surface area contributed by atoms with Crippen molar-refractivity contribution < 1.29 is 4.52 Å². The number of hydrogen-bond donors (Lipinski definition) is 1. The molecule has 0 unspecified atom stereocenters. The van der Waals surface area contributed by atoms with Gasteiger partial charge in [-0.15, -0.1) is 0 Å². The molecule has 13 heavy (non-hydrogen) atoms. The van der Waals surface area contributed by atoms with Gasteiger partial charge in [0.2, 0.25) is 0 Å². The van der Waals surface area contributed by atoms with Crippen molar-refractivity contribution >= 4 is 0 Å². The quantitative estimate of drug-likeness (QED) is 0.754. The fourth-order valence-electron chi connectivity index (χ4n) is 1.21. The molecule has 67 valence electrons. The van der Waals surface area contributed by atoms with Crippen LogP contribution in [0, 0.1) is 6.20 Å². The Balaban J connectivity index is 2.42. The number of rotatable bonds is 2. The minimum atomic E-state index is -0.208. The van der Waals surface area contributed by atoms with Gasteiger partial charge >= 0.3 is 0 Å². The smallest absolute Gasteiger partial charge is 0.140 e. The van der Waals surface area contributed by atoms with E-state index in [2.05, 4.69) is 21.6 Å². The summed E-state index contributed by atoms with van der Waals surface area (Å²) in [5.41, 5.74) is 1.64. The van der Waals surface area contributed by atoms with E-state index >= 15 is 0 Å². The summed E-state index contributed by atoms with van der Waals surface area (Å²) in [4.78, 5) is 0. The second-order valence-electron chi connectivity index (χ2n) is 3.42. The highest BCUT2D eigenvalue weighted by molar-refractivity contribution is 5.27. The SMILES string of the molecule is CC(C)(c1[c]noc1)c1cc[nH]n1. The lowest BCUT2D eigenvalue weighted by Gasteiger charge is -2.18. The standard InChI is InChI=1S/C9H10N3O/c1-9(2,7-5-11-13-6-7)8-3-4-10-12-8/h3-4,6H,1-2H3,(H,10,12). The van der Waals surface area contributed by atoms with Crippen LogP contribution in [0.4, 0.5) is 0 Å². The van der Waals surface area contributed by atoms with Crippen LogP contribution in [0.1, 0.15) is 25.1 Å². The third-order valence-electron chi connectivity index (χ3n) is 2.20. The van der Waals surface area contributed by atoms with Gasteiger partial charge < -0.3 is 4.52 Å². The van der Waals surface area contributed by atoms with Crippen molar-refractivity contribution in [3.63, 3.8) is 0 Å². The Bertz CT molecular complexity index is 325. The Morgan fingerprint density at radius 2 is 2.38 bits per heavy atom. The van der Waals surface area contributed by atoms with Crippen molar-refractivity contribution in [1.29, 1.82) is 0 Å². The molecule has 0 fully saturated rings. The molecule has 0 atom stereocenters. The maximum absolute atomic E-state index is 4.76. The van der Waals surface area contributed by atoms with Gasteiger partial charge in [0.1, 0.15) is 12.5 Å². The van der Waals surface area contributed by atoms with Crippen LogP contribution >= 0.6 is 0 Å². The average molecular weight is 176 g/mol. The van der Waals surface area contributed by atoms with E-state index in [1.807, 2.05) is 19.9 Å². The maximum atomic E-state index is 4.76. The van der Waals surface area contributed by atoms with E-state index in [4.69, 9.17) is 4.52 Å². The summed E-state index contributed by atoms with van der Waals surface area (Å²) in [5.74, 6) is 0. The van der Waals surface area contributed by atoms with Crippen LogP contribution < -0.4 is 0 Å². The molecule has 1 radical (unpaired) electrons. The molecular formula is C9H10N3O. The number of nitrogens with zero attached hydrogens (tertiary/aromatic N) is 2. The monoisotopic (exact) mass is 176 g/mol. The molecule has 0 bridgehead atoms. The average Bonchev–Trinajstić information content (AvgIpc) is 2.78. The lowest BCUT2D eigenvalue weighted by molar-refractivity contribution is 0.415. The van der Waals surface area contributed by atoms with Gasteiger partial charge in [0, 0.05) is 17.2 Å². The van der Waals surface area contributed by atoms with Gasteiger partial charge in [-0.2, -0.15) is 5.10 Å². The van der Waals surface area contributed by atoms with Gasteiger partial charge in [-0.3, -0.25) is 5.10 Å². The normalized spacial score (nSPS) is 11.8. The zero-order valence-electron chi connectivity index (χ0n) is 7.53. The lowest BCUT2D eigenvalue weighted by Crippen LogP contribution is -2.18. The van der Waals surface area contributed by atoms with Gasteiger partial charge in [-0.05, 0) is 19.9 Å². The van der Waals surface area contributed by atoms with E-state index in [-0.39, 0.29) is 5.41 Å². The summed E-state index contributed by atoms with van der Waals surface area (Å²) in [6.45, 7) is 4.10. The first-order chi connectivity index (χ1) is 6.21. The number of aromatic amines is 1. The Morgan fingerprint density at radius 3 is 2.92 bits per heavy atom. The molecule has 0 aliphatic rings. The van der Waals surface area contributed by atoms with Crippen LogP contribution in [0.3, 0.4) is 0 Å². The highest BCUT2D eigenvalue weighted by atomic mass is 16.5. The fourth-order valence-corrected chi connectivity index (χ4v) is 1.21. The molecule has 1 N–H and O–H groups in total. The molecule has 0 saturated carbocycles. The predicted molar refractivity (Wildman–Crippen MR) is 46.1 cm³/mol. The van der Waals surface area contributed by atoms with Crippen molar-refractivity contribution in [2.45, 2.75) is 19.3 Å². The van der Waals surface area contributed by atoms with E-state index in [0.29, 0.717) is 0 Å². The summed E-state index contributed by atoms with van der Waals surface area (Å²) in [5, 5.41) is 10.5. The van der Waals surface area contributed by atoms with Crippen molar-refractivity contribution in [3.8, 4) is 0 Å². The van der Waals surface area contributed by atoms with Crippen molar-refractivity contribution in [2.75, 3.05) is 0 Å². The number of hydrogen-bond acceptors (Lipinski definition) is 3. The van der Waals surface area contributed by atoms with Gasteiger partial charge in [0.25, 0.3) is 0 Å². The molecule has 0 aliphatic heterocycles. The molecule has 0 aliphatic carbocycles. The zero-order valence-corrected chi connectivity index (χ0v) is 7.53. The second-order valence-corrected chi connectivity index (χ2v) is 3.42. The summed E-state index contributed by atoms with van der Waals surface area (Å²) < 4.78 is 4.76. The first-order valence-corrected chi connectivity index (χ1v) is 4.04. The van der Waals surface area contributed by atoms with Crippen LogP contribution in [0.2, 0.25) is 0 Å². The van der Waals surface area contributed by atoms with Gasteiger partial charge in [0.15, 0.2) is 0 Å². The molecule has 4 heteroatoms. The molecule has 0 spiro atoms. The third-order valence-corrected chi connectivity index (χ3v) is 2.20. The Hall–Kier alpha value is -1.58. The highest BCUT2D eigenvalue weighted by Gasteiger charge is 2.27. The molecule has 2 aromatic rings. The fraction of sp³-hybridized carbons (Fsp3) is 0.333. The molecule has 0 amide bonds. The highest BCUT2D eigenvalue weighted by Crippen LogP contribution is 2.28. The first-order valence-electron chi connectivity index (χ1n) is 4.04. The van der Waals surface area contributed by atoms with Gasteiger partial charge in [-0.25, -0.2) is 0 Å². The third kappa shape index (κ3) is 1.24. The van der Waals surface area contributed by atoms with E-state index < -0.39 is 0 Å². The Kier molecular flexibility index (Phi) is 1.69. The van der Waals surface area contributed by atoms with Crippen LogP contribution in [0.5, 0.6) is 0 Å². The zero-order chi connectivity index (χ0) is 9.31. The van der Waals surface area contributed by atoms with Crippen LogP contribution in [0.25, 0.3) is 0 Å². The molecule has 2 aromatic heterocycles. The molecule has 2 heterocycles. The van der Waals surface area contributed by atoms with Crippen LogP contribution in [0.15, 0.2) is 23.0 Å². The van der Waals surface area contributed by atoms with Crippen molar-refractivity contribution in [3.05, 3.63) is 36.0 Å². The molecule has 2 rings (SSSR count). The molecule has 4 nitrogen and oxygen atoms in total. The number of nitrogens with one attached hydrogen (secondary N) is 1. The Morgan fingerprint density at radius 1 is 1.54 bits per heavy atom. The van der Waals surface area contributed by atoms with Crippen molar-refractivity contribution in [2.24, 2.45) is 0 Å². The van der Waals surface area contributed by atoms with E-state index in [0.717, 1.165) is 11.3 Å². The van der Waals surface area contributed by atoms with Crippen LogP contribution in [-0.2, 0) is 5.41 Å². The topological polar surface area (TPSA) is 54.7 Å². The van der Waals surface area contributed by atoms with Gasteiger partial charge in [0.05, 0.1) is 5.69 Å². The van der Waals surface area contributed by atoms with Crippen molar-refractivity contribution in [1.82, 2.24) is 15.4 Å². The molecular weight excluding hydrogens is 166 g/mol. The Labute approximate surface area is 75.9 Å². The minimum Gasteiger partial charge on any atom is -0.364 e. The number of H-pyrrole nitrogens is 1. The van der Waals surface area contributed by atoms with E-state index in [9.17, 15) is 0 Å². The minimum absolute atomic E-state index is 0.208. The summed E-state index contributed by atoms with van der Waals surface area (Å²) >= 11 is 0. The first kappa shape index (κ1) is 8.04. The van der Waals surface area contributed by atoms with E-state index in [1.54, 1.807) is 12.5 Å². The second kappa shape index (κ2) is 2.73. The maximum Gasteiger partial charge on any atom is 0.140 e. The lowest BCUT2D eigenvalue weighted by atomic mass is 9.84. The summed E-state index contributed by atoms with van der Waals surface area (Å²) in [6.07, 6.45) is 6.18. The largest absolute Gasteiger partial charge is 0.364 e. The summed E-state index contributed by atoms with van der Waals surface area (Å²) in [6, 6.07) is 1.93. The summed E-state index contributed by atoms with van der Waals surface area (Å²) in [7, 11) is 0. The van der Waals surface area contributed by atoms with E-state index in [1.165, 1.54) is 0 Å². The number of aromatic nitrogens is 3. The molecule has 0 aromatic carbocycles. The predicted octanol–water partition coefficient (Wildman–Crippen LogP) is 1.52. The molecule has 0 saturated heterocycles.